The molecule has 0 fully saturated rings. The zero-order chi connectivity index (χ0) is 23.6. The molecule has 2 heterocycles. The Hall–Kier alpha value is -4.01. The molecule has 1 aromatic carbocycles. The minimum Gasteiger partial charge on any atom is -0.462 e. The molecule has 0 atom stereocenters. The Morgan fingerprint density at radius 2 is 1.73 bits per heavy atom. The zero-order valence-corrected chi connectivity index (χ0v) is 18.6. The Kier molecular flexibility index (Phi) is 8.29. The van der Waals surface area contributed by atoms with E-state index in [2.05, 4.69) is 15.3 Å². The molecule has 3 aromatic rings. The van der Waals surface area contributed by atoms with E-state index in [-0.39, 0.29) is 19.8 Å². The molecule has 0 spiro atoms. The van der Waals surface area contributed by atoms with Crippen LogP contribution in [0.3, 0.4) is 0 Å². The van der Waals surface area contributed by atoms with Crippen LogP contribution in [0.1, 0.15) is 51.3 Å². The van der Waals surface area contributed by atoms with E-state index in [0.717, 1.165) is 5.52 Å². The van der Waals surface area contributed by atoms with Gasteiger partial charge in [0.15, 0.2) is 6.20 Å². The van der Waals surface area contributed by atoms with E-state index in [1.165, 1.54) is 6.20 Å². The fourth-order valence-corrected chi connectivity index (χ4v) is 3.16. The fraction of sp³-hybridized carbons (Fsp3) is 0.292. The van der Waals surface area contributed by atoms with Gasteiger partial charge in [-0.25, -0.2) is 19.4 Å². The molecular weight excluding hydrogens is 426 g/mol. The van der Waals surface area contributed by atoms with Crippen LogP contribution in [-0.4, -0.2) is 49.3 Å². The van der Waals surface area contributed by atoms with Gasteiger partial charge in [-0.1, -0.05) is 0 Å². The van der Waals surface area contributed by atoms with Crippen LogP contribution in [0.25, 0.3) is 10.9 Å². The molecular formula is C24H26N3O6+. The third-order valence-corrected chi connectivity index (χ3v) is 4.69. The second-order valence-electron chi connectivity index (χ2n) is 6.94. The number of carbonyl (C=O) groups is 3. The number of aromatic amines is 1. The number of anilines is 1. The van der Waals surface area contributed by atoms with Gasteiger partial charge in [-0.3, -0.25) is 4.98 Å². The van der Waals surface area contributed by atoms with Gasteiger partial charge in [0.25, 0.3) is 0 Å². The molecule has 0 aliphatic carbocycles. The number of benzene rings is 1. The molecule has 0 amide bonds. The van der Waals surface area contributed by atoms with Crippen molar-refractivity contribution in [3.8, 4) is 0 Å². The Morgan fingerprint density at radius 1 is 0.970 bits per heavy atom. The van der Waals surface area contributed by atoms with Crippen LogP contribution in [0.2, 0.25) is 0 Å². The average Bonchev–Trinajstić information content (AvgIpc) is 2.84. The third kappa shape index (κ3) is 6.03. The fourth-order valence-electron chi connectivity index (χ4n) is 3.16. The molecule has 33 heavy (non-hydrogen) atoms. The number of hydrogen-bond donors (Lipinski definition) is 1. The van der Waals surface area contributed by atoms with Crippen molar-refractivity contribution >= 4 is 34.5 Å². The summed E-state index contributed by atoms with van der Waals surface area (Å²) in [6, 6.07) is 8.36. The van der Waals surface area contributed by atoms with Crippen molar-refractivity contribution in [3.05, 3.63) is 65.6 Å². The molecule has 3 rings (SSSR count). The minimum atomic E-state index is -0.498. The molecule has 9 heteroatoms. The van der Waals surface area contributed by atoms with E-state index in [0.29, 0.717) is 40.7 Å². The summed E-state index contributed by atoms with van der Waals surface area (Å²) in [5.41, 5.74) is 2.30. The largest absolute Gasteiger partial charge is 0.462 e. The summed E-state index contributed by atoms with van der Waals surface area (Å²) in [6.45, 7) is 4.54. The topological polar surface area (TPSA) is 118 Å². The molecule has 2 aromatic heterocycles. The van der Waals surface area contributed by atoms with Crippen molar-refractivity contribution < 1.29 is 33.6 Å². The lowest BCUT2D eigenvalue weighted by atomic mass is 10.1. The van der Waals surface area contributed by atoms with Gasteiger partial charge in [0.1, 0.15) is 5.56 Å². The summed E-state index contributed by atoms with van der Waals surface area (Å²) in [6.07, 6.45) is 5.08. The first-order valence-electron chi connectivity index (χ1n) is 10.7. The van der Waals surface area contributed by atoms with E-state index >= 15 is 0 Å². The number of H-pyrrole nitrogens is 1. The van der Waals surface area contributed by atoms with Crippen LogP contribution in [0.5, 0.6) is 0 Å². The van der Waals surface area contributed by atoms with Crippen molar-refractivity contribution in [3.63, 3.8) is 0 Å². The molecule has 9 nitrogen and oxygen atoms in total. The second kappa shape index (κ2) is 11.6. The molecule has 172 valence electrons. The lowest BCUT2D eigenvalue weighted by molar-refractivity contribution is -0.344. The first-order valence-corrected chi connectivity index (χ1v) is 10.7. The summed E-state index contributed by atoms with van der Waals surface area (Å²) in [4.78, 5) is 43.7. The van der Waals surface area contributed by atoms with Gasteiger partial charge < -0.3 is 19.5 Å². The number of carbonyl (C=O) groups excluding carboxylic acids is 3. The first kappa shape index (κ1) is 23.6. The molecule has 0 unspecified atom stereocenters. The van der Waals surface area contributed by atoms with E-state index in [1.807, 2.05) is 0 Å². The van der Waals surface area contributed by atoms with Gasteiger partial charge in [-0.2, -0.15) is 0 Å². The van der Waals surface area contributed by atoms with E-state index in [9.17, 15) is 14.4 Å². The van der Waals surface area contributed by atoms with Crippen LogP contribution >= 0.6 is 0 Å². The lowest BCUT2D eigenvalue weighted by Gasteiger charge is -2.12. The first-order chi connectivity index (χ1) is 16.0. The van der Waals surface area contributed by atoms with Crippen LogP contribution in [0.4, 0.5) is 5.69 Å². The Balaban J connectivity index is 1.76. The number of esters is 3. The maximum atomic E-state index is 12.5. The molecule has 0 saturated carbocycles. The second-order valence-corrected chi connectivity index (χ2v) is 6.94. The van der Waals surface area contributed by atoms with E-state index in [4.69, 9.17) is 14.2 Å². The van der Waals surface area contributed by atoms with Gasteiger partial charge in [-0.15, -0.1) is 0 Å². The summed E-state index contributed by atoms with van der Waals surface area (Å²) in [5.74, 6) is -1.40. The van der Waals surface area contributed by atoms with Crippen molar-refractivity contribution in [1.82, 2.24) is 4.98 Å². The molecule has 0 saturated heterocycles. The quantitative estimate of drug-likeness (QED) is 0.283. The van der Waals surface area contributed by atoms with Gasteiger partial charge in [0.05, 0.1) is 42.0 Å². The highest BCUT2D eigenvalue weighted by Gasteiger charge is 2.21. The maximum absolute atomic E-state index is 12.5. The minimum absolute atomic E-state index is 0.181. The Labute approximate surface area is 191 Å². The number of aromatic nitrogens is 2. The number of nitrogens with zero attached hydrogens (tertiary/aromatic N) is 1. The summed E-state index contributed by atoms with van der Waals surface area (Å²) < 4.78 is 15.5. The van der Waals surface area contributed by atoms with E-state index in [1.54, 1.807) is 56.6 Å². The Bertz CT molecular complexity index is 1130. The zero-order valence-electron chi connectivity index (χ0n) is 18.6. The maximum Gasteiger partial charge on any atom is 0.346 e. The highest BCUT2D eigenvalue weighted by atomic mass is 16.5. The number of hydrogen-bond acceptors (Lipinski definition) is 8. The predicted molar refractivity (Wildman–Crippen MR) is 120 cm³/mol. The predicted octanol–water partition coefficient (Wildman–Crippen LogP) is 3.06. The van der Waals surface area contributed by atoms with Crippen LogP contribution in [-0.2, 0) is 14.2 Å². The number of nitrogens with one attached hydrogen (secondary N) is 2. The van der Waals surface area contributed by atoms with Gasteiger partial charge in [0, 0.05) is 25.0 Å². The van der Waals surface area contributed by atoms with Crippen LogP contribution < -0.4 is 10.3 Å². The lowest BCUT2D eigenvalue weighted by Crippen LogP contribution is -2.18. The van der Waals surface area contributed by atoms with Crippen LogP contribution in [0, 0.1) is 0 Å². The normalized spacial score (nSPS) is 10.5. The Morgan fingerprint density at radius 3 is 2.45 bits per heavy atom. The summed E-state index contributed by atoms with van der Waals surface area (Å²) in [5, 5.41) is 3.87. The number of rotatable bonds is 10. The standard InChI is InChI=1S/C24H25N3O6/c1-3-31-22(28)16-8-9-20-18(13-16)21(19(15-27-20)24(30)32-4-2)26-11-6-12-33-23(29)17-7-5-10-25-14-17/h5,7-10,13-15H,3-4,6,11-12H2,1-2H3,(H,26,27)/p+1. The van der Waals surface area contributed by atoms with Crippen LogP contribution in [0.15, 0.2) is 48.9 Å². The van der Waals surface area contributed by atoms with Gasteiger partial charge in [-0.05, 0) is 44.5 Å². The SMILES string of the molecule is CCOC(=O)c1ccc2[nH+]cc(C(=O)OCC)c(NCCCOC(=O)c3cccnc3)c2c1. The molecule has 0 bridgehead atoms. The molecule has 0 aliphatic rings. The van der Waals surface area contributed by atoms with Crippen molar-refractivity contribution in [2.45, 2.75) is 20.3 Å². The van der Waals surface area contributed by atoms with Gasteiger partial charge in [0.2, 0.25) is 5.52 Å². The number of pyridine rings is 2. The highest BCUT2D eigenvalue weighted by Crippen LogP contribution is 2.26. The van der Waals surface area contributed by atoms with E-state index < -0.39 is 17.9 Å². The third-order valence-electron chi connectivity index (χ3n) is 4.69. The number of fused-ring (bicyclic) bond motifs is 1. The summed E-state index contributed by atoms with van der Waals surface area (Å²) in [7, 11) is 0. The average molecular weight is 452 g/mol. The smallest absolute Gasteiger partial charge is 0.346 e. The molecule has 2 N–H and O–H groups in total. The van der Waals surface area contributed by atoms with Gasteiger partial charge >= 0.3 is 17.9 Å². The highest BCUT2D eigenvalue weighted by molar-refractivity contribution is 6.05. The molecule has 0 radical (unpaired) electrons. The van der Waals surface area contributed by atoms with Crippen molar-refractivity contribution in [1.29, 1.82) is 0 Å². The summed E-state index contributed by atoms with van der Waals surface area (Å²) >= 11 is 0. The van der Waals surface area contributed by atoms with Crippen molar-refractivity contribution in [2.75, 3.05) is 31.7 Å². The monoisotopic (exact) mass is 452 g/mol. The molecule has 0 aliphatic heterocycles. The van der Waals surface area contributed by atoms with Crippen molar-refractivity contribution in [2.24, 2.45) is 0 Å². The number of ether oxygens (including phenoxy) is 3.